The van der Waals surface area contributed by atoms with Gasteiger partial charge >= 0.3 is 0 Å². The predicted molar refractivity (Wildman–Crippen MR) is 107 cm³/mol. The fourth-order valence-corrected chi connectivity index (χ4v) is 4.66. The lowest BCUT2D eigenvalue weighted by Crippen LogP contribution is -2.50. The maximum atomic E-state index is 13.1. The smallest absolute Gasteiger partial charge is 0.260 e. The summed E-state index contributed by atoms with van der Waals surface area (Å²) in [6, 6.07) is 10.8. The minimum absolute atomic E-state index is 0.0832. The average Bonchev–Trinajstić information content (AvgIpc) is 3.12. The van der Waals surface area contributed by atoms with Crippen LogP contribution >= 0.6 is 11.6 Å². The SMILES string of the molecule is Cc1ccccc1C(=O)N(C=O)C1CCCCC1C1Cc2nc(Cl)ccc2O1. The Kier molecular flexibility index (Phi) is 5.36. The molecule has 3 unspecified atom stereocenters. The molecule has 2 amide bonds. The van der Waals surface area contributed by atoms with E-state index in [1.54, 1.807) is 12.1 Å². The molecule has 0 N–H and O–H groups in total. The van der Waals surface area contributed by atoms with Gasteiger partial charge in [-0.3, -0.25) is 14.5 Å². The van der Waals surface area contributed by atoms with Crippen LogP contribution in [-0.4, -0.2) is 34.3 Å². The van der Waals surface area contributed by atoms with Crippen LogP contribution in [0.1, 0.15) is 47.3 Å². The monoisotopic (exact) mass is 398 g/mol. The van der Waals surface area contributed by atoms with Crippen LogP contribution in [0.4, 0.5) is 0 Å². The summed E-state index contributed by atoms with van der Waals surface area (Å²) in [4.78, 5) is 30.9. The molecular weight excluding hydrogens is 376 g/mol. The Labute approximate surface area is 169 Å². The van der Waals surface area contributed by atoms with Gasteiger partial charge < -0.3 is 4.74 Å². The zero-order valence-electron chi connectivity index (χ0n) is 15.8. The number of fused-ring (bicyclic) bond motifs is 1. The molecule has 0 bridgehead atoms. The summed E-state index contributed by atoms with van der Waals surface area (Å²) >= 11 is 6.02. The molecule has 1 saturated carbocycles. The largest absolute Gasteiger partial charge is 0.488 e. The van der Waals surface area contributed by atoms with Crippen LogP contribution in [0.25, 0.3) is 0 Å². The fourth-order valence-electron chi connectivity index (χ4n) is 4.50. The summed E-state index contributed by atoms with van der Waals surface area (Å²) in [5, 5.41) is 0.451. The third-order valence-electron chi connectivity index (χ3n) is 5.91. The lowest BCUT2D eigenvalue weighted by molar-refractivity contribution is -0.119. The number of aromatic nitrogens is 1. The average molecular weight is 399 g/mol. The number of benzene rings is 1. The summed E-state index contributed by atoms with van der Waals surface area (Å²) in [5.41, 5.74) is 2.29. The van der Waals surface area contributed by atoms with Crippen molar-refractivity contribution in [3.8, 4) is 5.75 Å². The zero-order chi connectivity index (χ0) is 19.7. The van der Waals surface area contributed by atoms with Crippen molar-refractivity contribution >= 4 is 23.9 Å². The van der Waals surface area contributed by atoms with E-state index in [-0.39, 0.29) is 24.0 Å². The molecule has 0 spiro atoms. The van der Waals surface area contributed by atoms with Crippen LogP contribution in [0, 0.1) is 12.8 Å². The second-order valence-electron chi connectivity index (χ2n) is 7.59. The van der Waals surface area contributed by atoms with Gasteiger partial charge in [0.25, 0.3) is 5.91 Å². The maximum absolute atomic E-state index is 13.1. The number of ether oxygens (including phenoxy) is 1. The van der Waals surface area contributed by atoms with Crippen molar-refractivity contribution in [2.45, 2.75) is 51.2 Å². The Balaban J connectivity index is 1.59. The molecular formula is C22H23ClN2O3. The first-order chi connectivity index (χ1) is 13.6. The second-order valence-corrected chi connectivity index (χ2v) is 7.97. The van der Waals surface area contributed by atoms with Gasteiger partial charge in [0.05, 0.1) is 5.69 Å². The van der Waals surface area contributed by atoms with E-state index < -0.39 is 0 Å². The first kappa shape index (κ1) is 18.9. The molecule has 2 aliphatic rings. The Morgan fingerprint density at radius 2 is 2.00 bits per heavy atom. The van der Waals surface area contributed by atoms with E-state index in [2.05, 4.69) is 4.98 Å². The highest BCUT2D eigenvalue weighted by Gasteiger charge is 2.41. The van der Waals surface area contributed by atoms with Crippen molar-refractivity contribution in [3.63, 3.8) is 0 Å². The number of carbonyl (C=O) groups is 2. The van der Waals surface area contributed by atoms with E-state index in [1.807, 2.05) is 31.2 Å². The van der Waals surface area contributed by atoms with Gasteiger partial charge in [0.15, 0.2) is 0 Å². The fraction of sp³-hybridized carbons (Fsp3) is 0.409. The number of pyridine rings is 1. The molecule has 3 atom stereocenters. The molecule has 5 nitrogen and oxygen atoms in total. The number of aryl methyl sites for hydroxylation is 1. The molecule has 0 radical (unpaired) electrons. The van der Waals surface area contributed by atoms with Crippen molar-refractivity contribution in [1.82, 2.24) is 9.88 Å². The number of nitrogens with zero attached hydrogens (tertiary/aromatic N) is 2. The van der Waals surface area contributed by atoms with Crippen molar-refractivity contribution < 1.29 is 14.3 Å². The molecule has 4 rings (SSSR count). The molecule has 1 aliphatic heterocycles. The summed E-state index contributed by atoms with van der Waals surface area (Å²) in [5.74, 6) is 0.600. The number of hydrogen-bond donors (Lipinski definition) is 0. The summed E-state index contributed by atoms with van der Waals surface area (Å²) in [6.07, 6.45) is 5.02. The highest BCUT2D eigenvalue weighted by Crippen LogP contribution is 2.39. The van der Waals surface area contributed by atoms with E-state index in [1.165, 1.54) is 4.90 Å². The van der Waals surface area contributed by atoms with E-state index in [0.29, 0.717) is 23.5 Å². The normalized spacial score (nSPS) is 23.6. The molecule has 2 heterocycles. The van der Waals surface area contributed by atoms with Crippen LogP contribution < -0.4 is 4.74 Å². The van der Waals surface area contributed by atoms with E-state index in [4.69, 9.17) is 16.3 Å². The Hall–Kier alpha value is -2.40. The van der Waals surface area contributed by atoms with Crippen LogP contribution in [0.5, 0.6) is 5.75 Å². The lowest BCUT2D eigenvalue weighted by Gasteiger charge is -2.39. The predicted octanol–water partition coefficient (Wildman–Crippen LogP) is 4.20. The number of halogens is 1. The van der Waals surface area contributed by atoms with E-state index in [0.717, 1.165) is 42.7 Å². The van der Waals surface area contributed by atoms with Crippen molar-refractivity contribution in [1.29, 1.82) is 0 Å². The number of rotatable bonds is 4. The minimum Gasteiger partial charge on any atom is -0.488 e. The molecule has 6 heteroatoms. The quantitative estimate of drug-likeness (QED) is 0.572. The third kappa shape index (κ3) is 3.51. The molecule has 146 valence electrons. The van der Waals surface area contributed by atoms with E-state index in [9.17, 15) is 9.59 Å². The van der Waals surface area contributed by atoms with E-state index >= 15 is 0 Å². The second kappa shape index (κ2) is 7.92. The molecule has 1 aliphatic carbocycles. The molecule has 1 aromatic carbocycles. The molecule has 1 fully saturated rings. The third-order valence-corrected chi connectivity index (χ3v) is 6.12. The zero-order valence-corrected chi connectivity index (χ0v) is 16.6. The topological polar surface area (TPSA) is 59.5 Å². The van der Waals surface area contributed by atoms with Crippen molar-refractivity contribution in [2.75, 3.05) is 0 Å². The van der Waals surface area contributed by atoms with Crippen molar-refractivity contribution in [3.05, 3.63) is 58.4 Å². The van der Waals surface area contributed by atoms with Gasteiger partial charge in [-0.15, -0.1) is 0 Å². The highest BCUT2D eigenvalue weighted by atomic mass is 35.5. The standard InChI is InChI=1S/C22H23ClN2O3/c1-14-6-2-3-7-15(14)22(27)25(13-26)18-9-5-4-8-16(18)20-12-17-19(28-20)10-11-21(23)24-17/h2-3,6-7,10-11,13,16,18,20H,4-5,8-9,12H2,1H3. The van der Waals surface area contributed by atoms with Gasteiger partial charge in [-0.05, 0) is 43.5 Å². The van der Waals surface area contributed by atoms with Gasteiger partial charge in [-0.1, -0.05) is 42.6 Å². The summed E-state index contributed by atoms with van der Waals surface area (Å²) in [7, 11) is 0. The number of amides is 2. The first-order valence-corrected chi connectivity index (χ1v) is 10.1. The summed E-state index contributed by atoms with van der Waals surface area (Å²) < 4.78 is 6.16. The molecule has 1 aromatic heterocycles. The molecule has 2 aromatic rings. The van der Waals surface area contributed by atoms with Crippen LogP contribution in [-0.2, 0) is 11.2 Å². The van der Waals surface area contributed by atoms with Gasteiger partial charge in [0.2, 0.25) is 6.41 Å². The van der Waals surface area contributed by atoms with Gasteiger partial charge in [-0.2, -0.15) is 0 Å². The number of imide groups is 1. The summed E-state index contributed by atoms with van der Waals surface area (Å²) in [6.45, 7) is 1.89. The number of hydrogen-bond acceptors (Lipinski definition) is 4. The lowest BCUT2D eigenvalue weighted by atomic mass is 9.79. The Morgan fingerprint density at radius 3 is 2.79 bits per heavy atom. The first-order valence-electron chi connectivity index (χ1n) is 9.74. The van der Waals surface area contributed by atoms with Crippen LogP contribution in [0.2, 0.25) is 5.15 Å². The van der Waals surface area contributed by atoms with Crippen LogP contribution in [0.15, 0.2) is 36.4 Å². The number of carbonyl (C=O) groups excluding carboxylic acids is 2. The Morgan fingerprint density at radius 1 is 1.21 bits per heavy atom. The van der Waals surface area contributed by atoms with Gasteiger partial charge in [0, 0.05) is 23.9 Å². The Bertz CT molecular complexity index is 901. The molecule has 0 saturated heterocycles. The maximum Gasteiger partial charge on any atom is 0.260 e. The van der Waals surface area contributed by atoms with Gasteiger partial charge in [-0.25, -0.2) is 4.98 Å². The minimum atomic E-state index is -0.235. The van der Waals surface area contributed by atoms with Crippen molar-refractivity contribution in [2.24, 2.45) is 5.92 Å². The van der Waals surface area contributed by atoms with Crippen LogP contribution in [0.3, 0.4) is 0 Å². The highest BCUT2D eigenvalue weighted by molar-refractivity contribution is 6.29. The molecule has 28 heavy (non-hydrogen) atoms. The van der Waals surface area contributed by atoms with Gasteiger partial charge in [0.1, 0.15) is 17.0 Å².